The van der Waals surface area contributed by atoms with Crippen molar-refractivity contribution < 1.29 is 33.7 Å². The Morgan fingerprint density at radius 1 is 0.917 bits per heavy atom. The van der Waals surface area contributed by atoms with Gasteiger partial charge in [0.05, 0.1) is 38.6 Å². The fraction of sp³-hybridized carbons (Fsp3) is 0.423. The molecular weight excluding hydrogens is 466 g/mol. The predicted octanol–water partition coefficient (Wildman–Crippen LogP) is 1.53. The van der Waals surface area contributed by atoms with E-state index in [2.05, 4.69) is 10.6 Å². The molecule has 10 nitrogen and oxygen atoms in total. The number of aliphatic hydroxyl groups excluding tert-OH is 1. The number of hydrogen-bond acceptors (Lipinski definition) is 8. The molecule has 0 radical (unpaired) electrons. The molecule has 4 rings (SSSR count). The molecule has 0 aliphatic carbocycles. The molecule has 1 atom stereocenters. The first-order valence-electron chi connectivity index (χ1n) is 12.0. The third-order valence-electron chi connectivity index (χ3n) is 6.15. The van der Waals surface area contributed by atoms with E-state index in [1.54, 1.807) is 4.90 Å². The van der Waals surface area contributed by atoms with Crippen molar-refractivity contribution in [1.82, 2.24) is 10.2 Å². The lowest BCUT2D eigenvalue weighted by Crippen LogP contribution is -2.52. The third-order valence-corrected chi connectivity index (χ3v) is 6.15. The van der Waals surface area contributed by atoms with Crippen LogP contribution in [0.1, 0.15) is 28.8 Å². The number of carbonyl (C=O) groups is 3. The number of hydrogen-bond donors (Lipinski definition) is 3. The van der Waals surface area contributed by atoms with E-state index in [0.717, 1.165) is 22.4 Å². The van der Waals surface area contributed by atoms with E-state index < -0.39 is 11.9 Å². The van der Waals surface area contributed by atoms with Crippen LogP contribution in [0.25, 0.3) is 11.1 Å². The van der Waals surface area contributed by atoms with Gasteiger partial charge in [-0.2, -0.15) is 0 Å². The van der Waals surface area contributed by atoms with Crippen LogP contribution in [0.15, 0.2) is 42.5 Å². The maximum atomic E-state index is 13.6. The summed E-state index contributed by atoms with van der Waals surface area (Å²) < 4.78 is 15.7. The molecule has 0 aromatic heterocycles. The molecule has 10 heteroatoms. The summed E-state index contributed by atoms with van der Waals surface area (Å²) in [5.74, 6) is -0.934. The molecular formula is C26H31N3O7. The van der Waals surface area contributed by atoms with Gasteiger partial charge in [-0.1, -0.05) is 36.4 Å². The van der Waals surface area contributed by atoms with Gasteiger partial charge in [-0.3, -0.25) is 19.7 Å². The van der Waals surface area contributed by atoms with Gasteiger partial charge in [-0.05, 0) is 23.6 Å². The van der Waals surface area contributed by atoms with Crippen LogP contribution in [-0.4, -0.2) is 80.1 Å². The molecule has 1 saturated heterocycles. The number of ether oxygens (including phenoxy) is 3. The molecule has 2 aliphatic heterocycles. The van der Waals surface area contributed by atoms with Gasteiger partial charge >= 0.3 is 0 Å². The van der Waals surface area contributed by atoms with Crippen LogP contribution in [0.2, 0.25) is 0 Å². The highest BCUT2D eigenvalue weighted by Gasteiger charge is 2.40. The van der Waals surface area contributed by atoms with Crippen molar-refractivity contribution in [3.8, 4) is 11.1 Å². The fourth-order valence-electron chi connectivity index (χ4n) is 4.47. The average molecular weight is 498 g/mol. The van der Waals surface area contributed by atoms with Gasteiger partial charge in [0.15, 0.2) is 0 Å². The second-order valence-corrected chi connectivity index (χ2v) is 8.48. The van der Waals surface area contributed by atoms with Crippen LogP contribution >= 0.6 is 0 Å². The Morgan fingerprint density at radius 2 is 1.64 bits per heavy atom. The average Bonchev–Trinajstić information content (AvgIpc) is 3.21. The van der Waals surface area contributed by atoms with Crippen LogP contribution in [0.3, 0.4) is 0 Å². The van der Waals surface area contributed by atoms with Gasteiger partial charge in [-0.25, -0.2) is 0 Å². The highest BCUT2D eigenvalue weighted by molar-refractivity contribution is 6.10. The molecule has 3 N–H and O–H groups in total. The van der Waals surface area contributed by atoms with Crippen LogP contribution in [0.4, 0.5) is 5.69 Å². The minimum Gasteiger partial charge on any atom is -0.382 e. The molecule has 3 amide bonds. The van der Waals surface area contributed by atoms with E-state index in [9.17, 15) is 14.4 Å². The van der Waals surface area contributed by atoms with Crippen molar-refractivity contribution in [2.45, 2.75) is 25.4 Å². The topological polar surface area (TPSA) is 126 Å². The van der Waals surface area contributed by atoms with E-state index in [-0.39, 0.29) is 25.0 Å². The summed E-state index contributed by atoms with van der Waals surface area (Å²) >= 11 is 0. The minimum atomic E-state index is -0.659. The number of imide groups is 1. The van der Waals surface area contributed by atoms with Gasteiger partial charge in [0.1, 0.15) is 12.8 Å². The summed E-state index contributed by atoms with van der Waals surface area (Å²) in [6, 6.07) is 12.9. The van der Waals surface area contributed by atoms with Crippen LogP contribution in [0.5, 0.6) is 0 Å². The van der Waals surface area contributed by atoms with Gasteiger partial charge in [0.25, 0.3) is 5.91 Å². The molecule has 0 spiro atoms. The second kappa shape index (κ2) is 12.6. The summed E-state index contributed by atoms with van der Waals surface area (Å²) in [6.45, 7) is 2.55. The number of rotatable bonds is 13. The van der Waals surface area contributed by atoms with E-state index in [1.165, 1.54) is 0 Å². The number of piperidine rings is 1. The predicted molar refractivity (Wildman–Crippen MR) is 131 cm³/mol. The fourth-order valence-corrected chi connectivity index (χ4v) is 4.47. The lowest BCUT2D eigenvalue weighted by molar-refractivity contribution is -0.136. The first kappa shape index (κ1) is 25.8. The zero-order valence-electron chi connectivity index (χ0n) is 20.0. The van der Waals surface area contributed by atoms with E-state index >= 15 is 0 Å². The van der Waals surface area contributed by atoms with Gasteiger partial charge in [0.2, 0.25) is 11.8 Å². The Labute approximate surface area is 209 Å². The number of aliphatic hydroxyl groups is 1. The van der Waals surface area contributed by atoms with E-state index in [1.807, 2.05) is 42.5 Å². The number of amides is 3. The maximum absolute atomic E-state index is 13.6. The number of anilines is 1. The lowest BCUT2D eigenvalue weighted by atomic mass is 9.94. The molecule has 36 heavy (non-hydrogen) atoms. The summed E-state index contributed by atoms with van der Waals surface area (Å²) in [5.41, 5.74) is 3.93. The molecule has 1 unspecified atom stereocenters. The Morgan fingerprint density at radius 3 is 2.36 bits per heavy atom. The minimum absolute atomic E-state index is 0.208. The number of fused-ring (bicyclic) bond motifs is 1. The number of carbonyl (C=O) groups excluding carboxylic acids is 3. The van der Waals surface area contributed by atoms with E-state index in [4.69, 9.17) is 19.3 Å². The van der Waals surface area contributed by atoms with Crippen molar-refractivity contribution in [2.24, 2.45) is 0 Å². The van der Waals surface area contributed by atoms with Crippen molar-refractivity contribution in [3.05, 3.63) is 53.6 Å². The zero-order chi connectivity index (χ0) is 25.3. The Hall–Kier alpha value is -3.31. The standard InChI is InChI=1S/C26H31N3O7/c30-17-36-15-14-35-13-12-34-11-10-27-20-7-6-19-16-29(21-8-9-22(31)28-25(21)32)26(33)24(19)23(20)18-4-2-1-3-5-18/h1-7,21,27,30H,8-17H2,(H,28,31,32). The SMILES string of the molecule is O=C1CCC(N2Cc3ccc(NCCOCCOCCOCO)c(-c4ccccc4)c3C2=O)C(=O)N1. The Bertz CT molecular complexity index is 1080. The van der Waals surface area contributed by atoms with E-state index in [0.29, 0.717) is 58.1 Å². The summed E-state index contributed by atoms with van der Waals surface area (Å²) in [6.07, 6.45) is 0.544. The first-order chi connectivity index (χ1) is 17.6. The van der Waals surface area contributed by atoms with Crippen LogP contribution in [-0.2, 0) is 30.3 Å². The molecule has 1 fully saturated rings. The molecule has 2 aliphatic rings. The number of nitrogens with zero attached hydrogens (tertiary/aromatic N) is 1. The van der Waals surface area contributed by atoms with Crippen molar-refractivity contribution in [2.75, 3.05) is 51.7 Å². The quantitative estimate of drug-likeness (QED) is 0.216. The second-order valence-electron chi connectivity index (χ2n) is 8.48. The summed E-state index contributed by atoms with van der Waals surface area (Å²) in [7, 11) is 0. The van der Waals surface area contributed by atoms with Gasteiger partial charge < -0.3 is 29.5 Å². The number of nitrogens with one attached hydrogen (secondary N) is 2. The molecule has 2 aromatic carbocycles. The normalized spacial score (nSPS) is 17.3. The van der Waals surface area contributed by atoms with Crippen molar-refractivity contribution in [3.63, 3.8) is 0 Å². The highest BCUT2D eigenvalue weighted by Crippen LogP contribution is 2.39. The van der Waals surface area contributed by atoms with Crippen molar-refractivity contribution >= 4 is 23.4 Å². The summed E-state index contributed by atoms with van der Waals surface area (Å²) in [4.78, 5) is 39.2. The molecule has 2 heterocycles. The first-order valence-corrected chi connectivity index (χ1v) is 12.0. The smallest absolute Gasteiger partial charge is 0.255 e. The zero-order valence-corrected chi connectivity index (χ0v) is 20.0. The molecule has 2 aromatic rings. The summed E-state index contributed by atoms with van der Waals surface area (Å²) in [5, 5.41) is 14.3. The molecule has 0 saturated carbocycles. The van der Waals surface area contributed by atoms with Crippen molar-refractivity contribution in [1.29, 1.82) is 0 Å². The van der Waals surface area contributed by atoms with Gasteiger partial charge in [0, 0.05) is 30.8 Å². The Kier molecular flexibility index (Phi) is 9.01. The third kappa shape index (κ3) is 6.08. The van der Waals surface area contributed by atoms with Crippen LogP contribution < -0.4 is 10.6 Å². The number of benzene rings is 2. The largest absolute Gasteiger partial charge is 0.382 e. The Balaban J connectivity index is 1.43. The lowest BCUT2D eigenvalue weighted by Gasteiger charge is -2.29. The monoisotopic (exact) mass is 497 g/mol. The molecule has 192 valence electrons. The maximum Gasteiger partial charge on any atom is 0.255 e. The van der Waals surface area contributed by atoms with Crippen LogP contribution in [0, 0.1) is 0 Å². The highest BCUT2D eigenvalue weighted by atomic mass is 16.6. The molecule has 0 bridgehead atoms. The van der Waals surface area contributed by atoms with Gasteiger partial charge in [-0.15, -0.1) is 0 Å².